The van der Waals surface area contributed by atoms with E-state index in [4.69, 9.17) is 10.5 Å². The van der Waals surface area contributed by atoms with Crippen LogP contribution in [0.1, 0.15) is 0 Å². The van der Waals surface area contributed by atoms with E-state index in [1.165, 1.54) is 0 Å². The zero-order chi connectivity index (χ0) is 13.0. The minimum Gasteiger partial charge on any atom is -0.399 e. The normalized spacial score (nSPS) is 10.1. The number of nitrogen functional groups attached to an aromatic ring is 1. The summed E-state index contributed by atoms with van der Waals surface area (Å²) in [5.41, 5.74) is 8.28. The maximum absolute atomic E-state index is 5.69. The van der Waals surface area contributed by atoms with Crippen molar-refractivity contribution in [2.24, 2.45) is 0 Å². The molecule has 0 fully saturated rings. The Bertz CT molecular complexity index is 456. The first-order chi connectivity index (χ1) is 8.70. The Morgan fingerprint density at radius 1 is 1.00 bits per heavy atom. The summed E-state index contributed by atoms with van der Waals surface area (Å²) in [5, 5.41) is 1.74. The van der Waals surface area contributed by atoms with Crippen molar-refractivity contribution in [3.05, 3.63) is 53.0 Å². The fourth-order valence-electron chi connectivity index (χ4n) is 1.56. The molecule has 2 rings (SSSR count). The van der Waals surface area contributed by atoms with Crippen LogP contribution < -0.4 is 10.8 Å². The van der Waals surface area contributed by atoms with Crippen molar-refractivity contribution in [3.8, 4) is 0 Å². The summed E-state index contributed by atoms with van der Waals surface area (Å²) in [5.74, 6) is 0. The van der Waals surface area contributed by atoms with E-state index in [1.54, 1.807) is 12.5 Å². The molecule has 0 unspecified atom stereocenters. The molecule has 0 aliphatic carbocycles. The smallest absolute Gasteiger partial charge is 0.331 e. The molecule has 0 bridgehead atoms. The molecule has 2 N–H and O–H groups in total. The average molecular weight is 304 g/mol. The third kappa shape index (κ3) is 3.06. The molecule has 91 valence electrons. The van der Waals surface area contributed by atoms with Gasteiger partial charge in [0.15, 0.2) is 0 Å². The van der Waals surface area contributed by atoms with Crippen LogP contribution in [0.15, 0.2) is 53.0 Å². The summed E-state index contributed by atoms with van der Waals surface area (Å²) >= 11 is 3.42. The number of rotatable bonds is 4. The number of benzene rings is 2. The van der Waals surface area contributed by atoms with Gasteiger partial charge < -0.3 is 10.5 Å². The van der Waals surface area contributed by atoms with E-state index < -0.39 is 0 Å². The summed E-state index contributed by atoms with van der Waals surface area (Å²) in [7, 11) is 1.64. The van der Waals surface area contributed by atoms with E-state index >= 15 is 0 Å². The maximum atomic E-state index is 5.69. The second kappa shape index (κ2) is 5.93. The molecule has 5 heteroatoms. The van der Waals surface area contributed by atoms with Crippen molar-refractivity contribution >= 4 is 40.5 Å². The molecule has 0 aliphatic heterocycles. The van der Waals surface area contributed by atoms with Gasteiger partial charge in [-0.05, 0) is 48.5 Å². The van der Waals surface area contributed by atoms with E-state index in [0.29, 0.717) is 0 Å². The van der Waals surface area contributed by atoms with E-state index in [0.717, 1.165) is 21.5 Å². The highest BCUT2D eigenvalue weighted by atomic mass is 79.9. The molecule has 18 heavy (non-hydrogen) atoms. The molecule has 0 saturated carbocycles. The number of nitrogens with two attached hydrogens (primary N) is 1. The molecule has 3 nitrogen and oxygen atoms in total. The highest BCUT2D eigenvalue weighted by Gasteiger charge is 2.09. The molecular weight excluding hydrogens is 291 g/mol. The molecule has 0 aliphatic rings. The lowest BCUT2D eigenvalue weighted by atomic mass is 10.1. The van der Waals surface area contributed by atoms with Gasteiger partial charge in [-0.25, -0.2) is 5.06 Å². The van der Waals surface area contributed by atoms with Crippen LogP contribution in [0, 0.1) is 0 Å². The van der Waals surface area contributed by atoms with Crippen LogP contribution in [-0.4, -0.2) is 7.48 Å². The summed E-state index contributed by atoms with van der Waals surface area (Å²) in [6.45, 7) is 1.84. The zero-order valence-electron chi connectivity index (χ0n) is 10.0. The number of anilines is 3. The van der Waals surface area contributed by atoms with Crippen LogP contribution in [-0.2, 0) is 4.76 Å². The van der Waals surface area contributed by atoms with Crippen molar-refractivity contribution in [3.63, 3.8) is 0 Å². The monoisotopic (exact) mass is 303 g/mol. The maximum Gasteiger partial charge on any atom is 0.331 e. The van der Waals surface area contributed by atoms with Gasteiger partial charge in [0.1, 0.15) is 0 Å². The fraction of sp³-hybridized carbons (Fsp3) is 0.0769. The predicted molar refractivity (Wildman–Crippen MR) is 79.8 cm³/mol. The number of hydrogen-bond acceptors (Lipinski definition) is 3. The molecule has 0 aromatic heterocycles. The van der Waals surface area contributed by atoms with E-state index in [9.17, 15) is 0 Å². The number of halogens is 1. The van der Waals surface area contributed by atoms with Crippen LogP contribution in [0.4, 0.5) is 17.1 Å². The van der Waals surface area contributed by atoms with Crippen LogP contribution in [0.25, 0.3) is 0 Å². The van der Waals surface area contributed by atoms with Gasteiger partial charge in [-0.1, -0.05) is 22.8 Å². The Balaban J connectivity index is 2.33. The number of nitrogens with zero attached hydrogens (tertiary/aromatic N) is 1. The van der Waals surface area contributed by atoms with Crippen molar-refractivity contribution in [1.29, 1.82) is 0 Å². The van der Waals surface area contributed by atoms with Crippen LogP contribution >= 0.6 is 15.9 Å². The van der Waals surface area contributed by atoms with Gasteiger partial charge in [-0.2, -0.15) is 0 Å². The first kappa shape index (κ1) is 13.0. The molecular formula is C13H13BBrN2O. The van der Waals surface area contributed by atoms with Gasteiger partial charge in [-0.15, -0.1) is 0 Å². The predicted octanol–water partition coefficient (Wildman–Crippen LogP) is 3.77. The van der Waals surface area contributed by atoms with Gasteiger partial charge in [0.05, 0.1) is 11.4 Å². The highest BCUT2D eigenvalue weighted by Crippen LogP contribution is 2.27. The quantitative estimate of drug-likeness (QED) is 0.531. The molecule has 0 amide bonds. The average Bonchev–Trinajstić information content (AvgIpc) is 2.39. The zero-order valence-corrected chi connectivity index (χ0v) is 11.6. The second-order valence-corrected chi connectivity index (χ2v) is 4.62. The van der Waals surface area contributed by atoms with Crippen molar-refractivity contribution in [1.82, 2.24) is 0 Å². The van der Waals surface area contributed by atoms with Gasteiger partial charge in [0.25, 0.3) is 0 Å². The van der Waals surface area contributed by atoms with Gasteiger partial charge in [-0.3, -0.25) is 0 Å². The van der Waals surface area contributed by atoms with Crippen LogP contribution in [0.3, 0.4) is 0 Å². The first-order valence-electron chi connectivity index (χ1n) is 5.56. The summed E-state index contributed by atoms with van der Waals surface area (Å²) < 4.78 is 6.58. The van der Waals surface area contributed by atoms with E-state index in [2.05, 4.69) is 15.9 Å². The van der Waals surface area contributed by atoms with Crippen molar-refractivity contribution in [2.45, 2.75) is 6.82 Å². The lowest BCUT2D eigenvalue weighted by Crippen LogP contribution is -2.18. The summed E-state index contributed by atoms with van der Waals surface area (Å²) in [4.78, 5) is 0. The Hall–Kier alpha value is -1.46. The third-order valence-electron chi connectivity index (χ3n) is 2.40. The highest BCUT2D eigenvalue weighted by molar-refractivity contribution is 9.10. The van der Waals surface area contributed by atoms with Gasteiger partial charge in [0.2, 0.25) is 0 Å². The Morgan fingerprint density at radius 3 is 2.00 bits per heavy atom. The third-order valence-corrected chi connectivity index (χ3v) is 2.93. The van der Waals surface area contributed by atoms with Crippen molar-refractivity contribution < 1.29 is 4.76 Å². The topological polar surface area (TPSA) is 38.5 Å². The van der Waals surface area contributed by atoms with Gasteiger partial charge >= 0.3 is 7.48 Å². The van der Waals surface area contributed by atoms with Crippen molar-refractivity contribution in [2.75, 3.05) is 10.8 Å². The number of hydrogen-bond donors (Lipinski definition) is 1. The van der Waals surface area contributed by atoms with Crippen LogP contribution in [0.2, 0.25) is 6.82 Å². The molecule has 0 heterocycles. The van der Waals surface area contributed by atoms with E-state index in [-0.39, 0.29) is 0 Å². The Morgan fingerprint density at radius 2 is 1.50 bits per heavy atom. The standard InChI is InChI=1S/C13H13BBrN2O/c1-14-18-17(12-6-2-10(15)3-7-12)13-8-4-11(16)5-9-13/h2-9H,16H2,1H3. The first-order valence-corrected chi connectivity index (χ1v) is 6.36. The molecule has 1 radical (unpaired) electrons. The van der Waals surface area contributed by atoms with E-state index in [1.807, 2.05) is 55.4 Å². The second-order valence-electron chi connectivity index (χ2n) is 3.70. The van der Waals surface area contributed by atoms with Crippen LogP contribution in [0.5, 0.6) is 0 Å². The SMILES string of the molecule is C[B]ON(c1ccc(N)cc1)c1ccc(Br)cc1. The molecule has 0 atom stereocenters. The van der Waals surface area contributed by atoms with Gasteiger partial charge in [0, 0.05) is 10.2 Å². The largest absolute Gasteiger partial charge is 0.399 e. The minimum absolute atomic E-state index is 0.731. The Kier molecular flexibility index (Phi) is 4.28. The fourth-order valence-corrected chi connectivity index (χ4v) is 1.83. The Labute approximate surface area is 116 Å². The molecule has 0 spiro atoms. The molecule has 2 aromatic rings. The molecule has 0 saturated heterocycles. The molecule has 2 aromatic carbocycles. The lowest BCUT2D eigenvalue weighted by Gasteiger charge is -2.24. The summed E-state index contributed by atoms with van der Waals surface area (Å²) in [6.07, 6.45) is 0. The summed E-state index contributed by atoms with van der Waals surface area (Å²) in [6, 6.07) is 15.4. The lowest BCUT2D eigenvalue weighted by molar-refractivity contribution is 0.346. The minimum atomic E-state index is 0.731.